The number of nitrogens with zero attached hydrogens (tertiary/aromatic N) is 1. The van der Waals surface area contributed by atoms with Crippen molar-refractivity contribution < 1.29 is 23.9 Å². The first-order valence-corrected chi connectivity index (χ1v) is 8.95. The molecule has 2 aliphatic rings. The lowest BCUT2D eigenvalue weighted by Gasteiger charge is -2.20. The molecule has 26 heavy (non-hydrogen) atoms. The van der Waals surface area contributed by atoms with Crippen LogP contribution in [-0.4, -0.2) is 42.8 Å². The molecule has 1 aromatic rings. The molecule has 1 N–H and O–H groups in total. The summed E-state index contributed by atoms with van der Waals surface area (Å²) in [4.78, 5) is 49.0. The molecular weight excluding hydrogens is 336 g/mol. The van der Waals surface area contributed by atoms with Crippen LogP contribution in [0.5, 0.6) is 0 Å². The van der Waals surface area contributed by atoms with E-state index in [4.69, 9.17) is 4.74 Å². The second kappa shape index (κ2) is 8.12. The number of Topliss-reactive ketones (excluding diaryl/α,β-unsaturated/α-hetero) is 1. The summed E-state index contributed by atoms with van der Waals surface area (Å²) in [6.45, 7) is 0.408. The summed E-state index contributed by atoms with van der Waals surface area (Å²) in [7, 11) is 0. The highest BCUT2D eigenvalue weighted by molar-refractivity contribution is 5.98. The van der Waals surface area contributed by atoms with E-state index in [-0.39, 0.29) is 18.2 Å². The van der Waals surface area contributed by atoms with Gasteiger partial charge in [0, 0.05) is 30.6 Å². The Bertz CT molecular complexity index is 713. The van der Waals surface area contributed by atoms with E-state index in [2.05, 4.69) is 5.32 Å². The number of ketones is 1. The smallest absolute Gasteiger partial charge is 0.326 e. The molecule has 2 amide bonds. The summed E-state index contributed by atoms with van der Waals surface area (Å²) < 4.78 is 5.14. The minimum atomic E-state index is -0.676. The van der Waals surface area contributed by atoms with Crippen molar-refractivity contribution in [2.24, 2.45) is 0 Å². The van der Waals surface area contributed by atoms with Crippen molar-refractivity contribution in [3.8, 4) is 0 Å². The van der Waals surface area contributed by atoms with Crippen LogP contribution in [0, 0.1) is 0 Å². The van der Waals surface area contributed by atoms with E-state index in [0.29, 0.717) is 31.4 Å². The van der Waals surface area contributed by atoms with Crippen LogP contribution >= 0.6 is 0 Å². The summed E-state index contributed by atoms with van der Waals surface area (Å²) in [6.07, 6.45) is 3.40. The first kappa shape index (κ1) is 18.1. The number of nitrogens with one attached hydrogen (secondary N) is 1. The lowest BCUT2D eigenvalue weighted by molar-refractivity contribution is -0.155. The van der Waals surface area contributed by atoms with Gasteiger partial charge < -0.3 is 15.0 Å². The van der Waals surface area contributed by atoms with Gasteiger partial charge in [-0.05, 0) is 49.9 Å². The number of rotatable bonds is 5. The molecule has 1 atom stereocenters. The van der Waals surface area contributed by atoms with Crippen LogP contribution in [0.2, 0.25) is 0 Å². The minimum Gasteiger partial charge on any atom is -0.453 e. The molecule has 2 fully saturated rings. The average Bonchev–Trinajstić information content (AvgIpc) is 3.08. The lowest BCUT2D eigenvalue weighted by Crippen LogP contribution is -2.36. The second-order valence-corrected chi connectivity index (χ2v) is 6.57. The van der Waals surface area contributed by atoms with Crippen molar-refractivity contribution in [3.05, 3.63) is 29.8 Å². The lowest BCUT2D eigenvalue weighted by atomic mass is 9.96. The van der Waals surface area contributed by atoms with Gasteiger partial charge in [-0.15, -0.1) is 0 Å². The molecule has 1 saturated heterocycles. The third-order valence-corrected chi connectivity index (χ3v) is 4.68. The monoisotopic (exact) mass is 358 g/mol. The maximum Gasteiger partial charge on any atom is 0.326 e. The number of ether oxygens (including phenoxy) is 1. The number of carbonyl (C=O) groups excluding carboxylic acids is 4. The van der Waals surface area contributed by atoms with Crippen molar-refractivity contribution in [1.82, 2.24) is 5.32 Å². The van der Waals surface area contributed by atoms with Crippen molar-refractivity contribution in [3.63, 3.8) is 0 Å². The van der Waals surface area contributed by atoms with E-state index in [9.17, 15) is 19.2 Å². The zero-order chi connectivity index (χ0) is 18.5. The van der Waals surface area contributed by atoms with Crippen molar-refractivity contribution in [1.29, 1.82) is 0 Å². The van der Waals surface area contributed by atoms with Gasteiger partial charge in [-0.25, -0.2) is 0 Å². The molecule has 1 heterocycles. The predicted molar refractivity (Wildman–Crippen MR) is 93.7 cm³/mol. The Balaban J connectivity index is 1.49. The van der Waals surface area contributed by atoms with Crippen LogP contribution in [0.15, 0.2) is 24.3 Å². The van der Waals surface area contributed by atoms with E-state index in [1.54, 1.807) is 29.2 Å². The molecule has 0 bridgehead atoms. The molecule has 1 aromatic carbocycles. The molecule has 0 unspecified atom stereocenters. The third-order valence-electron chi connectivity index (χ3n) is 4.68. The molecule has 1 aliphatic heterocycles. The fourth-order valence-electron chi connectivity index (χ4n) is 3.24. The van der Waals surface area contributed by atoms with E-state index >= 15 is 0 Å². The molecular formula is C19H22N2O5. The van der Waals surface area contributed by atoms with Crippen LogP contribution in [0.4, 0.5) is 5.69 Å². The quantitative estimate of drug-likeness (QED) is 0.807. The van der Waals surface area contributed by atoms with Gasteiger partial charge in [0.05, 0.1) is 0 Å². The number of amides is 2. The minimum absolute atomic E-state index is 0.0528. The number of esters is 1. The SMILES string of the molecule is O=C(CNC(=O)c1ccc(N2CCCC2=O)cc1)O[C@@H]1CCCCC1=O. The zero-order valence-electron chi connectivity index (χ0n) is 14.5. The maximum absolute atomic E-state index is 12.1. The Hall–Kier alpha value is -2.70. The molecule has 7 heteroatoms. The summed E-state index contributed by atoms with van der Waals surface area (Å²) in [5, 5.41) is 2.50. The van der Waals surface area contributed by atoms with Gasteiger partial charge in [0.1, 0.15) is 6.54 Å². The Morgan fingerprint density at radius 3 is 2.50 bits per heavy atom. The molecule has 0 spiro atoms. The van der Waals surface area contributed by atoms with Crippen LogP contribution in [0.3, 0.4) is 0 Å². The predicted octanol–water partition coefficient (Wildman–Crippen LogP) is 1.60. The molecule has 138 valence electrons. The number of benzene rings is 1. The molecule has 7 nitrogen and oxygen atoms in total. The average molecular weight is 358 g/mol. The number of hydrogen-bond acceptors (Lipinski definition) is 5. The van der Waals surface area contributed by atoms with E-state index in [1.165, 1.54) is 0 Å². The third kappa shape index (κ3) is 4.28. The highest BCUT2D eigenvalue weighted by Gasteiger charge is 2.26. The summed E-state index contributed by atoms with van der Waals surface area (Å²) >= 11 is 0. The van der Waals surface area contributed by atoms with E-state index < -0.39 is 18.0 Å². The Kier molecular flexibility index (Phi) is 5.65. The van der Waals surface area contributed by atoms with Gasteiger partial charge in [-0.1, -0.05) is 0 Å². The van der Waals surface area contributed by atoms with E-state index in [0.717, 1.165) is 24.9 Å². The van der Waals surface area contributed by atoms with Gasteiger partial charge in [-0.3, -0.25) is 19.2 Å². The molecule has 0 radical (unpaired) electrons. The van der Waals surface area contributed by atoms with Gasteiger partial charge in [-0.2, -0.15) is 0 Å². The largest absolute Gasteiger partial charge is 0.453 e. The molecule has 3 rings (SSSR count). The Morgan fingerprint density at radius 2 is 1.85 bits per heavy atom. The Labute approximate surface area is 151 Å². The van der Waals surface area contributed by atoms with Crippen LogP contribution in [0.1, 0.15) is 48.9 Å². The first-order valence-electron chi connectivity index (χ1n) is 8.95. The fourth-order valence-corrected chi connectivity index (χ4v) is 3.24. The summed E-state index contributed by atoms with van der Waals surface area (Å²) in [6, 6.07) is 6.67. The van der Waals surface area contributed by atoms with E-state index in [1.807, 2.05) is 0 Å². The van der Waals surface area contributed by atoms with Crippen LogP contribution < -0.4 is 10.2 Å². The number of carbonyl (C=O) groups is 4. The van der Waals surface area contributed by atoms with Crippen molar-refractivity contribution >= 4 is 29.3 Å². The van der Waals surface area contributed by atoms with Crippen LogP contribution in [-0.2, 0) is 19.1 Å². The van der Waals surface area contributed by atoms with Gasteiger partial charge >= 0.3 is 5.97 Å². The summed E-state index contributed by atoms with van der Waals surface area (Å²) in [5.41, 5.74) is 1.15. The van der Waals surface area contributed by atoms with Crippen molar-refractivity contribution in [2.75, 3.05) is 18.0 Å². The number of hydrogen-bond donors (Lipinski definition) is 1. The highest BCUT2D eigenvalue weighted by Crippen LogP contribution is 2.21. The topological polar surface area (TPSA) is 92.8 Å². The van der Waals surface area contributed by atoms with Gasteiger partial charge in [0.25, 0.3) is 5.91 Å². The Morgan fingerprint density at radius 1 is 1.08 bits per heavy atom. The zero-order valence-corrected chi connectivity index (χ0v) is 14.5. The second-order valence-electron chi connectivity index (χ2n) is 6.57. The summed E-state index contributed by atoms with van der Waals surface area (Å²) in [5.74, 6) is -0.987. The van der Waals surface area contributed by atoms with Crippen LogP contribution in [0.25, 0.3) is 0 Å². The maximum atomic E-state index is 12.1. The molecule has 0 aromatic heterocycles. The highest BCUT2D eigenvalue weighted by atomic mass is 16.5. The number of anilines is 1. The molecule has 1 aliphatic carbocycles. The standard InChI is InChI=1S/C19H22N2O5/c22-15-4-1-2-5-16(15)26-18(24)12-20-19(25)13-7-9-14(10-8-13)21-11-3-6-17(21)23/h7-10,16H,1-6,11-12H2,(H,20,25)/t16-/m1/s1. The molecule has 1 saturated carbocycles. The fraction of sp³-hybridized carbons (Fsp3) is 0.474. The van der Waals surface area contributed by atoms with Gasteiger partial charge in [0.15, 0.2) is 11.9 Å². The normalized spacial score (nSPS) is 20.2. The first-order chi connectivity index (χ1) is 12.5. The van der Waals surface area contributed by atoms with Gasteiger partial charge in [0.2, 0.25) is 5.91 Å². The van der Waals surface area contributed by atoms with Crippen molar-refractivity contribution in [2.45, 2.75) is 44.6 Å².